The predicted octanol–water partition coefficient (Wildman–Crippen LogP) is 1.67. The summed E-state index contributed by atoms with van der Waals surface area (Å²) in [5.41, 5.74) is -0.109. The van der Waals surface area contributed by atoms with E-state index in [4.69, 9.17) is 5.11 Å². The highest BCUT2D eigenvalue weighted by molar-refractivity contribution is 9.10. The highest BCUT2D eigenvalue weighted by atomic mass is 79.9. The second-order valence-corrected chi connectivity index (χ2v) is 6.07. The predicted molar refractivity (Wildman–Crippen MR) is 70.5 cm³/mol. The molecule has 1 heterocycles. The average Bonchev–Trinajstić information content (AvgIpc) is 2.77. The number of nitrogens with zero attached hydrogens (tertiary/aromatic N) is 1. The monoisotopic (exact) mass is 345 g/mol. The quantitative estimate of drug-likeness (QED) is 0.780. The molecule has 0 unspecified atom stereocenters. The minimum Gasteiger partial charge on any atom is -0.478 e. The number of carbonyl (C=O) groups is 1. The van der Waals surface area contributed by atoms with Crippen LogP contribution >= 0.6 is 15.9 Å². The van der Waals surface area contributed by atoms with Crippen molar-refractivity contribution < 1.29 is 18.3 Å². The van der Waals surface area contributed by atoms with Crippen molar-refractivity contribution in [1.29, 1.82) is 0 Å². The van der Waals surface area contributed by atoms with Gasteiger partial charge in [-0.05, 0) is 18.2 Å². The first-order chi connectivity index (χ1) is 8.90. The molecular formula is C10H8BrN3O4S. The molecule has 1 aromatic heterocycles. The molecule has 0 bridgehead atoms. The fourth-order valence-electron chi connectivity index (χ4n) is 1.39. The van der Waals surface area contributed by atoms with Crippen molar-refractivity contribution in [2.24, 2.45) is 0 Å². The van der Waals surface area contributed by atoms with Crippen LogP contribution in [0.1, 0.15) is 10.4 Å². The minimum absolute atomic E-state index is 0.306. The number of nitrogens with one attached hydrogen (secondary N) is 2. The summed E-state index contributed by atoms with van der Waals surface area (Å²) in [4.78, 5) is 10.9. The van der Waals surface area contributed by atoms with E-state index in [1.807, 2.05) is 0 Å². The molecule has 0 atom stereocenters. The standard InChI is InChI=1S/C10H8BrN3O4S/c11-6-2-1-3-7(4-6)14-19(17,18)9-8(10(15)16)5-12-13-9/h1-5,14H,(H,12,13)(H,15,16). The molecular weight excluding hydrogens is 338 g/mol. The van der Waals surface area contributed by atoms with Gasteiger partial charge in [-0.3, -0.25) is 9.82 Å². The van der Waals surface area contributed by atoms with Crippen LogP contribution in [0.2, 0.25) is 0 Å². The number of halogens is 1. The van der Waals surface area contributed by atoms with E-state index in [0.717, 1.165) is 6.20 Å². The van der Waals surface area contributed by atoms with Crippen molar-refractivity contribution in [3.05, 3.63) is 40.5 Å². The lowest BCUT2D eigenvalue weighted by molar-refractivity contribution is 0.0692. The Morgan fingerprint density at radius 3 is 2.79 bits per heavy atom. The number of aromatic carboxylic acids is 1. The summed E-state index contributed by atoms with van der Waals surface area (Å²) in [5.74, 6) is -1.37. The third-order valence-corrected chi connectivity index (χ3v) is 4.03. The summed E-state index contributed by atoms with van der Waals surface area (Å²) >= 11 is 3.21. The van der Waals surface area contributed by atoms with Crippen LogP contribution in [0.25, 0.3) is 0 Å². The Kier molecular flexibility index (Phi) is 3.58. The van der Waals surface area contributed by atoms with E-state index >= 15 is 0 Å². The molecule has 9 heteroatoms. The highest BCUT2D eigenvalue weighted by Crippen LogP contribution is 2.20. The third kappa shape index (κ3) is 2.93. The van der Waals surface area contributed by atoms with Crippen LogP contribution in [-0.4, -0.2) is 29.7 Å². The fraction of sp³-hybridized carbons (Fsp3) is 0. The number of carboxylic acids is 1. The summed E-state index contributed by atoms with van der Waals surface area (Å²) in [6.45, 7) is 0. The van der Waals surface area contributed by atoms with Crippen LogP contribution in [-0.2, 0) is 10.0 Å². The first-order valence-corrected chi connectivity index (χ1v) is 7.23. The van der Waals surface area contributed by atoms with Gasteiger partial charge in [0.05, 0.1) is 6.20 Å². The number of carboxylic acid groups (broad SMARTS) is 1. The molecule has 0 amide bonds. The second kappa shape index (κ2) is 5.02. The largest absolute Gasteiger partial charge is 0.478 e. The van der Waals surface area contributed by atoms with Gasteiger partial charge in [-0.1, -0.05) is 22.0 Å². The molecule has 0 saturated heterocycles. The van der Waals surface area contributed by atoms with Crippen molar-refractivity contribution in [2.45, 2.75) is 5.03 Å². The maximum absolute atomic E-state index is 12.0. The molecule has 3 N–H and O–H groups in total. The molecule has 100 valence electrons. The Labute approximate surface area is 116 Å². The van der Waals surface area contributed by atoms with Crippen LogP contribution in [0.15, 0.2) is 40.0 Å². The van der Waals surface area contributed by atoms with E-state index in [0.29, 0.717) is 10.2 Å². The average molecular weight is 346 g/mol. The van der Waals surface area contributed by atoms with Crippen LogP contribution in [0, 0.1) is 0 Å². The van der Waals surface area contributed by atoms with Gasteiger partial charge in [-0.2, -0.15) is 13.5 Å². The molecule has 2 aromatic rings. The lowest BCUT2D eigenvalue weighted by Gasteiger charge is -2.07. The first kappa shape index (κ1) is 13.6. The van der Waals surface area contributed by atoms with Crippen LogP contribution in [0.3, 0.4) is 0 Å². The second-order valence-electron chi connectivity index (χ2n) is 3.53. The smallest absolute Gasteiger partial charge is 0.340 e. The minimum atomic E-state index is -4.03. The molecule has 1 aromatic carbocycles. The number of hydrogen-bond donors (Lipinski definition) is 3. The Balaban J connectivity index is 2.38. The summed E-state index contributed by atoms with van der Waals surface area (Å²) in [6.07, 6.45) is 0.942. The van der Waals surface area contributed by atoms with Gasteiger partial charge in [0.1, 0.15) is 5.56 Å². The van der Waals surface area contributed by atoms with Crippen molar-refractivity contribution in [2.75, 3.05) is 4.72 Å². The van der Waals surface area contributed by atoms with Gasteiger partial charge in [-0.15, -0.1) is 0 Å². The third-order valence-electron chi connectivity index (χ3n) is 2.18. The van der Waals surface area contributed by atoms with Crippen molar-refractivity contribution in [1.82, 2.24) is 10.2 Å². The van der Waals surface area contributed by atoms with Gasteiger partial charge < -0.3 is 5.11 Å². The molecule has 0 aliphatic rings. The van der Waals surface area contributed by atoms with E-state index in [2.05, 4.69) is 30.8 Å². The summed E-state index contributed by atoms with van der Waals surface area (Å²) in [5, 5.41) is 14.0. The summed E-state index contributed by atoms with van der Waals surface area (Å²) in [7, 11) is -4.03. The van der Waals surface area contributed by atoms with E-state index in [1.54, 1.807) is 24.3 Å². The van der Waals surface area contributed by atoms with Gasteiger partial charge in [0.2, 0.25) is 0 Å². The Hall–Kier alpha value is -1.87. The number of H-pyrrole nitrogens is 1. The Bertz CT molecular complexity index is 726. The van der Waals surface area contributed by atoms with Crippen molar-refractivity contribution >= 4 is 37.6 Å². The topological polar surface area (TPSA) is 112 Å². The van der Waals surface area contributed by atoms with E-state index in [1.165, 1.54) is 0 Å². The van der Waals surface area contributed by atoms with E-state index in [9.17, 15) is 13.2 Å². The Morgan fingerprint density at radius 1 is 1.42 bits per heavy atom. The maximum Gasteiger partial charge on any atom is 0.340 e. The molecule has 2 rings (SSSR count). The zero-order valence-corrected chi connectivity index (χ0v) is 11.7. The van der Waals surface area contributed by atoms with Gasteiger partial charge in [0.25, 0.3) is 10.0 Å². The van der Waals surface area contributed by atoms with Crippen molar-refractivity contribution in [3.63, 3.8) is 0 Å². The van der Waals surface area contributed by atoms with Crippen LogP contribution in [0.4, 0.5) is 5.69 Å². The number of anilines is 1. The molecule has 0 aliphatic heterocycles. The van der Waals surface area contributed by atoms with Crippen LogP contribution < -0.4 is 4.72 Å². The number of benzene rings is 1. The SMILES string of the molecule is O=C(O)c1cn[nH]c1S(=O)(=O)Nc1cccc(Br)c1. The number of aromatic amines is 1. The zero-order valence-electron chi connectivity index (χ0n) is 9.29. The molecule has 19 heavy (non-hydrogen) atoms. The number of hydrogen-bond acceptors (Lipinski definition) is 4. The fourth-order valence-corrected chi connectivity index (χ4v) is 2.93. The summed E-state index contributed by atoms with van der Waals surface area (Å²) < 4.78 is 27.0. The van der Waals surface area contributed by atoms with Crippen LogP contribution in [0.5, 0.6) is 0 Å². The molecule has 0 spiro atoms. The lowest BCUT2D eigenvalue weighted by Crippen LogP contribution is -2.16. The molecule has 0 radical (unpaired) electrons. The molecule has 0 saturated carbocycles. The summed E-state index contributed by atoms with van der Waals surface area (Å²) in [6, 6.07) is 6.47. The number of rotatable bonds is 4. The number of aromatic nitrogens is 2. The highest BCUT2D eigenvalue weighted by Gasteiger charge is 2.24. The molecule has 7 nitrogen and oxygen atoms in total. The van der Waals surface area contributed by atoms with Crippen molar-refractivity contribution in [3.8, 4) is 0 Å². The molecule has 0 aliphatic carbocycles. The molecule has 0 fully saturated rings. The lowest BCUT2D eigenvalue weighted by atomic mass is 10.3. The number of sulfonamides is 1. The van der Waals surface area contributed by atoms with Gasteiger partial charge in [-0.25, -0.2) is 4.79 Å². The first-order valence-electron chi connectivity index (χ1n) is 4.95. The Morgan fingerprint density at radius 2 is 2.16 bits per heavy atom. The van der Waals surface area contributed by atoms with E-state index < -0.39 is 26.6 Å². The normalized spacial score (nSPS) is 11.2. The maximum atomic E-state index is 12.0. The van der Waals surface area contributed by atoms with Gasteiger partial charge >= 0.3 is 5.97 Å². The van der Waals surface area contributed by atoms with Gasteiger partial charge in [0.15, 0.2) is 5.03 Å². The van der Waals surface area contributed by atoms with Gasteiger partial charge in [0, 0.05) is 10.2 Å². The van der Waals surface area contributed by atoms with E-state index in [-0.39, 0.29) is 0 Å². The zero-order chi connectivity index (χ0) is 14.0.